The lowest BCUT2D eigenvalue weighted by atomic mass is 10.1. The van der Waals surface area contributed by atoms with Gasteiger partial charge >= 0.3 is 0 Å². The molecule has 2 fully saturated rings. The first-order valence-electron chi connectivity index (χ1n) is 11.0. The minimum absolute atomic E-state index is 0.316. The molecule has 29 heavy (non-hydrogen) atoms. The third-order valence-corrected chi connectivity index (χ3v) is 6.18. The molecule has 0 aliphatic carbocycles. The Labute approximate surface area is 173 Å². The molecule has 1 aromatic heterocycles. The summed E-state index contributed by atoms with van der Waals surface area (Å²) in [5, 5.41) is 4.87. The first-order chi connectivity index (χ1) is 14.2. The van der Waals surface area contributed by atoms with Crippen LogP contribution < -0.4 is 5.32 Å². The van der Waals surface area contributed by atoms with Crippen LogP contribution in [0.4, 0.5) is 0 Å². The highest BCUT2D eigenvalue weighted by molar-refractivity contribution is 5.86. The van der Waals surface area contributed by atoms with E-state index in [0.717, 1.165) is 64.5 Å². The summed E-state index contributed by atoms with van der Waals surface area (Å²) in [5.74, 6) is 0.999. The Bertz CT molecular complexity index is 817. The molecule has 2 N–H and O–H groups in total. The molecule has 1 unspecified atom stereocenters. The van der Waals surface area contributed by atoms with Crippen molar-refractivity contribution >= 4 is 16.9 Å². The average molecular weight is 399 g/mol. The normalized spacial score (nSPS) is 21.2. The highest BCUT2D eigenvalue weighted by atomic mass is 16.5. The minimum atomic E-state index is 0.316. The number of para-hydroxylation sites is 1. The van der Waals surface area contributed by atoms with Crippen LogP contribution in [0.1, 0.15) is 36.8 Å². The van der Waals surface area contributed by atoms with Crippen molar-refractivity contribution in [2.45, 2.75) is 51.2 Å². The lowest BCUT2D eigenvalue weighted by Gasteiger charge is -2.34. The van der Waals surface area contributed by atoms with Crippen molar-refractivity contribution in [1.29, 1.82) is 0 Å². The first-order valence-corrected chi connectivity index (χ1v) is 11.0. The highest BCUT2D eigenvalue weighted by Crippen LogP contribution is 2.21. The van der Waals surface area contributed by atoms with E-state index in [0.29, 0.717) is 12.2 Å². The van der Waals surface area contributed by atoms with E-state index >= 15 is 0 Å². The van der Waals surface area contributed by atoms with Gasteiger partial charge in [-0.2, -0.15) is 0 Å². The molecular formula is C23H34N4O2. The molecule has 0 bridgehead atoms. The van der Waals surface area contributed by atoms with Crippen LogP contribution in [-0.2, 0) is 15.9 Å². The number of guanidine groups is 1. The maximum absolute atomic E-state index is 6.09. The van der Waals surface area contributed by atoms with Crippen molar-refractivity contribution < 1.29 is 9.47 Å². The van der Waals surface area contributed by atoms with Crippen LogP contribution in [0, 0.1) is 6.92 Å². The molecule has 6 nitrogen and oxygen atoms in total. The highest BCUT2D eigenvalue weighted by Gasteiger charge is 2.24. The predicted molar refractivity (Wildman–Crippen MR) is 118 cm³/mol. The van der Waals surface area contributed by atoms with E-state index in [1.54, 1.807) is 0 Å². The quantitative estimate of drug-likeness (QED) is 0.579. The van der Waals surface area contributed by atoms with Crippen LogP contribution in [0.3, 0.4) is 0 Å². The van der Waals surface area contributed by atoms with Gasteiger partial charge in [-0.25, -0.2) is 0 Å². The maximum Gasteiger partial charge on any atom is 0.193 e. The monoisotopic (exact) mass is 398 g/mol. The second-order valence-electron chi connectivity index (χ2n) is 8.19. The van der Waals surface area contributed by atoms with Gasteiger partial charge in [0.2, 0.25) is 0 Å². The molecule has 2 saturated heterocycles. The molecule has 0 spiro atoms. The number of H-pyrrole nitrogens is 1. The second kappa shape index (κ2) is 9.63. The molecule has 0 radical (unpaired) electrons. The fraction of sp³-hybridized carbons (Fsp3) is 0.609. The van der Waals surface area contributed by atoms with Gasteiger partial charge in [0.1, 0.15) is 0 Å². The van der Waals surface area contributed by atoms with Crippen molar-refractivity contribution in [3.63, 3.8) is 0 Å². The largest absolute Gasteiger partial charge is 0.376 e. The predicted octanol–water partition coefficient (Wildman–Crippen LogP) is 3.25. The van der Waals surface area contributed by atoms with E-state index in [1.807, 2.05) is 7.05 Å². The zero-order chi connectivity index (χ0) is 20.1. The summed E-state index contributed by atoms with van der Waals surface area (Å²) in [5.41, 5.74) is 3.90. The number of likely N-dealkylation sites (tertiary alicyclic amines) is 1. The van der Waals surface area contributed by atoms with E-state index in [9.17, 15) is 0 Å². The van der Waals surface area contributed by atoms with Gasteiger partial charge in [0.25, 0.3) is 0 Å². The van der Waals surface area contributed by atoms with Crippen molar-refractivity contribution in [2.75, 3.05) is 39.9 Å². The van der Waals surface area contributed by atoms with Crippen LogP contribution in [0.25, 0.3) is 10.9 Å². The number of nitrogens with one attached hydrogen (secondary N) is 2. The number of ether oxygens (including phenoxy) is 2. The molecule has 0 saturated carbocycles. The average Bonchev–Trinajstić information content (AvgIpc) is 3.41. The second-order valence-corrected chi connectivity index (χ2v) is 8.19. The number of aromatic amines is 1. The summed E-state index contributed by atoms with van der Waals surface area (Å²) >= 11 is 0. The number of aryl methyl sites for hydroxylation is 1. The number of piperidine rings is 1. The molecule has 158 valence electrons. The summed E-state index contributed by atoms with van der Waals surface area (Å²) in [7, 11) is 1.87. The van der Waals surface area contributed by atoms with E-state index < -0.39 is 0 Å². The van der Waals surface area contributed by atoms with Crippen LogP contribution in [-0.4, -0.2) is 67.9 Å². The molecular weight excluding hydrogens is 364 g/mol. The molecule has 2 aliphatic rings. The van der Waals surface area contributed by atoms with Gasteiger partial charge in [0.15, 0.2) is 5.96 Å². The van der Waals surface area contributed by atoms with Gasteiger partial charge < -0.3 is 24.7 Å². The number of hydrogen-bond donors (Lipinski definition) is 2. The van der Waals surface area contributed by atoms with E-state index in [4.69, 9.17) is 9.47 Å². The number of nitrogens with zero attached hydrogens (tertiary/aromatic N) is 2. The zero-order valence-electron chi connectivity index (χ0n) is 17.7. The van der Waals surface area contributed by atoms with Gasteiger partial charge in [-0.15, -0.1) is 0 Å². The molecule has 4 rings (SSSR count). The van der Waals surface area contributed by atoms with Gasteiger partial charge in [0.05, 0.1) is 18.8 Å². The van der Waals surface area contributed by atoms with Gasteiger partial charge in [-0.05, 0) is 50.2 Å². The number of aliphatic imine (C=N–C) groups is 1. The smallest absolute Gasteiger partial charge is 0.193 e. The van der Waals surface area contributed by atoms with Crippen LogP contribution in [0.5, 0.6) is 0 Å². The molecule has 1 atom stereocenters. The Balaban J connectivity index is 1.22. The molecule has 1 aromatic carbocycles. The Hall–Kier alpha value is -2.05. The Kier molecular flexibility index (Phi) is 6.72. The SMILES string of the molecule is CN=C(NCCc1c[nH]c2c(C)cccc12)N1CCC(OCC2CCCO2)CC1. The maximum atomic E-state index is 6.09. The van der Waals surface area contributed by atoms with E-state index in [-0.39, 0.29) is 0 Å². The fourth-order valence-electron chi connectivity index (χ4n) is 4.47. The lowest BCUT2D eigenvalue weighted by molar-refractivity contribution is -0.0367. The standard InChI is InChI=1S/C23H34N4O2/c1-17-5-3-7-21-18(15-26-22(17)21)8-11-25-23(24-2)27-12-9-19(10-13-27)29-16-20-6-4-14-28-20/h3,5,7,15,19-20,26H,4,6,8-14,16H2,1-2H3,(H,24,25). The minimum Gasteiger partial charge on any atom is -0.376 e. The number of rotatable bonds is 6. The third-order valence-electron chi connectivity index (χ3n) is 6.18. The van der Waals surface area contributed by atoms with Gasteiger partial charge in [0, 0.05) is 50.4 Å². The number of aromatic nitrogens is 1. The van der Waals surface area contributed by atoms with Crippen LogP contribution in [0.15, 0.2) is 29.4 Å². The first kappa shape index (κ1) is 20.2. The summed E-state index contributed by atoms with van der Waals surface area (Å²) in [4.78, 5) is 10.3. The van der Waals surface area contributed by atoms with Crippen molar-refractivity contribution in [3.05, 3.63) is 35.5 Å². The molecule has 3 heterocycles. The Morgan fingerprint density at radius 2 is 2.17 bits per heavy atom. The summed E-state index contributed by atoms with van der Waals surface area (Å²) in [6.45, 7) is 6.65. The van der Waals surface area contributed by atoms with Gasteiger partial charge in [-0.1, -0.05) is 18.2 Å². The Morgan fingerprint density at radius 1 is 1.31 bits per heavy atom. The zero-order valence-corrected chi connectivity index (χ0v) is 17.7. The summed E-state index contributed by atoms with van der Waals surface area (Å²) < 4.78 is 11.8. The third kappa shape index (κ3) is 4.93. The van der Waals surface area contributed by atoms with Crippen LogP contribution in [0.2, 0.25) is 0 Å². The molecule has 2 aliphatic heterocycles. The number of hydrogen-bond acceptors (Lipinski definition) is 3. The number of fused-ring (bicyclic) bond motifs is 1. The topological polar surface area (TPSA) is 61.9 Å². The van der Waals surface area contributed by atoms with E-state index in [1.165, 1.54) is 28.5 Å². The van der Waals surface area contributed by atoms with E-state index in [2.05, 4.69) is 51.5 Å². The van der Waals surface area contributed by atoms with Crippen LogP contribution >= 0.6 is 0 Å². The lowest BCUT2D eigenvalue weighted by Crippen LogP contribution is -2.47. The fourth-order valence-corrected chi connectivity index (χ4v) is 4.47. The van der Waals surface area contributed by atoms with Crippen molar-refractivity contribution in [3.8, 4) is 0 Å². The van der Waals surface area contributed by atoms with Crippen molar-refractivity contribution in [2.24, 2.45) is 4.99 Å². The van der Waals surface area contributed by atoms with Crippen molar-refractivity contribution in [1.82, 2.24) is 15.2 Å². The molecule has 0 amide bonds. The Morgan fingerprint density at radius 3 is 2.93 bits per heavy atom. The molecule has 2 aromatic rings. The summed E-state index contributed by atoms with van der Waals surface area (Å²) in [6.07, 6.45) is 8.20. The number of benzene rings is 1. The molecule has 6 heteroatoms. The summed E-state index contributed by atoms with van der Waals surface area (Å²) in [6, 6.07) is 6.48. The van der Waals surface area contributed by atoms with Gasteiger partial charge in [-0.3, -0.25) is 4.99 Å².